The first-order valence-corrected chi connectivity index (χ1v) is 6.85. The number of hydrogen-bond acceptors (Lipinski definition) is 2. The van der Waals surface area contributed by atoms with Gasteiger partial charge in [-0.1, -0.05) is 23.2 Å². The predicted molar refractivity (Wildman–Crippen MR) is 80.6 cm³/mol. The summed E-state index contributed by atoms with van der Waals surface area (Å²) in [5, 5.41) is 4.62. The van der Waals surface area contributed by atoms with Crippen LogP contribution in [-0.4, -0.2) is 15.5 Å². The number of rotatable bonds is 3. The topological polar surface area (TPSA) is 40.7 Å². The van der Waals surface area contributed by atoms with Gasteiger partial charge in [0, 0.05) is 16.1 Å². The molecule has 0 fully saturated rings. The summed E-state index contributed by atoms with van der Waals surface area (Å²) >= 11 is 12.1. The molecular weight excluding hydrogens is 281 g/mol. The summed E-state index contributed by atoms with van der Waals surface area (Å²) in [4.78, 5) is 7.61. The number of aromatic amines is 1. The van der Waals surface area contributed by atoms with E-state index in [4.69, 9.17) is 23.2 Å². The smallest absolute Gasteiger partial charge is 0.120 e. The molecule has 2 rings (SSSR count). The zero-order valence-corrected chi connectivity index (χ0v) is 12.7. The van der Waals surface area contributed by atoms with Gasteiger partial charge in [-0.25, -0.2) is 4.98 Å². The van der Waals surface area contributed by atoms with Gasteiger partial charge in [-0.15, -0.1) is 0 Å². The number of nitrogens with zero attached hydrogens (tertiary/aromatic N) is 1. The van der Waals surface area contributed by atoms with Crippen molar-refractivity contribution < 1.29 is 0 Å². The Morgan fingerprint density at radius 2 is 2.00 bits per heavy atom. The monoisotopic (exact) mass is 297 g/mol. The largest absolute Gasteiger partial charge is 0.341 e. The van der Waals surface area contributed by atoms with Gasteiger partial charge < -0.3 is 10.3 Å². The molecular formula is C14H17Cl2N3. The second kappa shape index (κ2) is 5.53. The van der Waals surface area contributed by atoms with Crippen LogP contribution in [0.3, 0.4) is 0 Å². The maximum atomic E-state index is 6.18. The van der Waals surface area contributed by atoms with Crippen LogP contribution in [0.2, 0.25) is 10.0 Å². The van der Waals surface area contributed by atoms with Crippen molar-refractivity contribution >= 4 is 23.2 Å². The molecule has 0 saturated heterocycles. The van der Waals surface area contributed by atoms with Gasteiger partial charge >= 0.3 is 0 Å². The lowest BCUT2D eigenvalue weighted by molar-refractivity contribution is 0.418. The average Bonchev–Trinajstić information content (AvgIpc) is 2.74. The van der Waals surface area contributed by atoms with Crippen LogP contribution in [0.5, 0.6) is 0 Å². The van der Waals surface area contributed by atoms with Crippen molar-refractivity contribution in [3.63, 3.8) is 0 Å². The predicted octanol–water partition coefficient (Wildman–Crippen LogP) is 4.27. The van der Waals surface area contributed by atoms with Gasteiger partial charge in [0.1, 0.15) is 5.82 Å². The first kappa shape index (κ1) is 14.4. The third kappa shape index (κ3) is 3.96. The van der Waals surface area contributed by atoms with Crippen LogP contribution < -0.4 is 5.32 Å². The van der Waals surface area contributed by atoms with Crippen LogP contribution in [-0.2, 0) is 6.54 Å². The molecule has 0 aliphatic rings. The molecule has 2 aromatic rings. The van der Waals surface area contributed by atoms with Gasteiger partial charge in [-0.3, -0.25) is 0 Å². The molecule has 19 heavy (non-hydrogen) atoms. The third-order valence-electron chi connectivity index (χ3n) is 2.64. The van der Waals surface area contributed by atoms with Crippen LogP contribution in [0.15, 0.2) is 24.4 Å². The van der Waals surface area contributed by atoms with E-state index in [1.165, 1.54) is 0 Å². The minimum atomic E-state index is 0.0604. The number of H-pyrrole nitrogens is 1. The van der Waals surface area contributed by atoms with E-state index in [2.05, 4.69) is 36.1 Å². The molecule has 0 aliphatic heterocycles. The summed E-state index contributed by atoms with van der Waals surface area (Å²) in [7, 11) is 0. The van der Waals surface area contributed by atoms with Crippen LogP contribution in [0.4, 0.5) is 0 Å². The first-order chi connectivity index (χ1) is 8.85. The van der Waals surface area contributed by atoms with E-state index < -0.39 is 0 Å². The second-order valence-corrected chi connectivity index (χ2v) is 6.31. The van der Waals surface area contributed by atoms with E-state index in [-0.39, 0.29) is 5.54 Å². The summed E-state index contributed by atoms with van der Waals surface area (Å²) < 4.78 is 0. The minimum Gasteiger partial charge on any atom is -0.341 e. The second-order valence-electron chi connectivity index (χ2n) is 5.47. The third-order valence-corrected chi connectivity index (χ3v) is 3.18. The van der Waals surface area contributed by atoms with E-state index in [1.54, 1.807) is 12.3 Å². The maximum absolute atomic E-state index is 6.18. The van der Waals surface area contributed by atoms with Crippen LogP contribution >= 0.6 is 23.2 Å². The fourth-order valence-corrected chi connectivity index (χ4v) is 2.16. The van der Waals surface area contributed by atoms with Gasteiger partial charge in [-0.05, 0) is 39.0 Å². The Balaban J connectivity index is 2.16. The van der Waals surface area contributed by atoms with Gasteiger partial charge in [0.2, 0.25) is 0 Å². The van der Waals surface area contributed by atoms with E-state index in [9.17, 15) is 0 Å². The molecule has 5 heteroatoms. The number of nitrogens with one attached hydrogen (secondary N) is 2. The fourth-order valence-electron chi connectivity index (χ4n) is 1.65. The highest BCUT2D eigenvalue weighted by Gasteiger charge is 2.11. The highest BCUT2D eigenvalue weighted by molar-refractivity contribution is 6.36. The van der Waals surface area contributed by atoms with Crippen molar-refractivity contribution in [3.8, 4) is 11.3 Å². The summed E-state index contributed by atoms with van der Waals surface area (Å²) in [6.07, 6.45) is 1.79. The van der Waals surface area contributed by atoms with Crippen LogP contribution in [0, 0.1) is 0 Å². The van der Waals surface area contributed by atoms with Crippen LogP contribution in [0.1, 0.15) is 26.6 Å². The van der Waals surface area contributed by atoms with Gasteiger partial charge in [0.15, 0.2) is 0 Å². The lowest BCUT2D eigenvalue weighted by Gasteiger charge is -2.19. The van der Waals surface area contributed by atoms with Gasteiger partial charge in [-0.2, -0.15) is 0 Å². The number of hydrogen-bond donors (Lipinski definition) is 2. The van der Waals surface area contributed by atoms with Crippen molar-refractivity contribution in [2.75, 3.05) is 0 Å². The molecule has 0 bridgehead atoms. The number of halogens is 2. The molecule has 1 aromatic heterocycles. The molecule has 0 radical (unpaired) electrons. The lowest BCUT2D eigenvalue weighted by atomic mass is 10.1. The van der Waals surface area contributed by atoms with Crippen LogP contribution in [0.25, 0.3) is 11.3 Å². The SMILES string of the molecule is CC(C)(C)NCc1ncc(-c2ccc(Cl)cc2Cl)[nH]1. The minimum absolute atomic E-state index is 0.0604. The van der Waals surface area contributed by atoms with E-state index >= 15 is 0 Å². The maximum Gasteiger partial charge on any atom is 0.120 e. The van der Waals surface area contributed by atoms with Gasteiger partial charge in [0.25, 0.3) is 0 Å². The van der Waals surface area contributed by atoms with Crippen molar-refractivity contribution in [2.24, 2.45) is 0 Å². The molecule has 1 heterocycles. The summed E-state index contributed by atoms with van der Waals surface area (Å²) in [6.45, 7) is 7.04. The summed E-state index contributed by atoms with van der Waals surface area (Å²) in [6, 6.07) is 5.43. The van der Waals surface area contributed by atoms with E-state index in [0.29, 0.717) is 16.6 Å². The zero-order chi connectivity index (χ0) is 14.0. The van der Waals surface area contributed by atoms with E-state index in [0.717, 1.165) is 17.1 Å². The molecule has 0 atom stereocenters. The molecule has 3 nitrogen and oxygen atoms in total. The van der Waals surface area contributed by atoms with Crippen molar-refractivity contribution in [2.45, 2.75) is 32.9 Å². The normalized spacial score (nSPS) is 11.8. The molecule has 2 N–H and O–H groups in total. The van der Waals surface area contributed by atoms with E-state index in [1.807, 2.05) is 12.1 Å². The standard InChI is InChI=1S/C14H17Cl2N3/c1-14(2,3)18-8-13-17-7-12(19-13)10-5-4-9(15)6-11(10)16/h4-7,18H,8H2,1-3H3,(H,17,19). The fraction of sp³-hybridized carbons (Fsp3) is 0.357. The Morgan fingerprint density at radius 3 is 2.63 bits per heavy atom. The highest BCUT2D eigenvalue weighted by Crippen LogP contribution is 2.29. The Labute approximate surface area is 123 Å². The molecule has 0 spiro atoms. The van der Waals surface area contributed by atoms with Crippen molar-refractivity contribution in [1.29, 1.82) is 0 Å². The molecule has 102 valence electrons. The molecule has 1 aromatic carbocycles. The average molecular weight is 298 g/mol. The number of aromatic nitrogens is 2. The molecule has 0 saturated carbocycles. The van der Waals surface area contributed by atoms with Crippen molar-refractivity contribution in [1.82, 2.24) is 15.3 Å². The summed E-state index contributed by atoms with van der Waals surface area (Å²) in [5.41, 5.74) is 1.86. The molecule has 0 amide bonds. The summed E-state index contributed by atoms with van der Waals surface area (Å²) in [5.74, 6) is 0.885. The number of imidazole rings is 1. The highest BCUT2D eigenvalue weighted by atomic mass is 35.5. The number of benzene rings is 1. The van der Waals surface area contributed by atoms with Gasteiger partial charge in [0.05, 0.1) is 23.5 Å². The Bertz CT molecular complexity index is 570. The quantitative estimate of drug-likeness (QED) is 0.888. The zero-order valence-electron chi connectivity index (χ0n) is 11.2. The molecule has 0 unspecified atom stereocenters. The first-order valence-electron chi connectivity index (χ1n) is 6.09. The molecule has 0 aliphatic carbocycles. The Hall–Kier alpha value is -1.03. The Kier molecular flexibility index (Phi) is 4.19. The van der Waals surface area contributed by atoms with Crippen molar-refractivity contribution in [3.05, 3.63) is 40.3 Å². The lowest BCUT2D eigenvalue weighted by Crippen LogP contribution is -2.35. The Morgan fingerprint density at radius 1 is 1.26 bits per heavy atom.